The van der Waals surface area contributed by atoms with Crippen molar-refractivity contribution in [2.45, 2.75) is 32.0 Å². The zero-order valence-electron chi connectivity index (χ0n) is 11.2. The van der Waals surface area contributed by atoms with Crippen LogP contribution in [0, 0.1) is 5.92 Å². The number of pyridine rings is 1. The number of alkyl halides is 3. The van der Waals surface area contributed by atoms with E-state index in [4.69, 9.17) is 0 Å². The number of hydrogen-bond acceptors (Lipinski definition) is 2. The van der Waals surface area contributed by atoms with Crippen molar-refractivity contribution in [1.29, 1.82) is 0 Å². The maximum absolute atomic E-state index is 12.5. The molecule has 2 atom stereocenters. The fourth-order valence-corrected chi connectivity index (χ4v) is 2.09. The average molecular weight is 278 g/mol. The molecule has 1 aliphatic rings. The number of aromatic nitrogens is 1. The van der Waals surface area contributed by atoms with Gasteiger partial charge < -0.3 is 13.7 Å². The number of nitrogens with one attached hydrogen (secondary N) is 1. The summed E-state index contributed by atoms with van der Waals surface area (Å²) in [6.45, 7) is 2.98. The van der Waals surface area contributed by atoms with Crippen molar-refractivity contribution in [3.8, 4) is 0 Å². The van der Waals surface area contributed by atoms with E-state index in [-0.39, 0.29) is 44.0 Å². The molecule has 1 aliphatic heterocycles. The van der Waals surface area contributed by atoms with Crippen LogP contribution in [-0.2, 0) is 6.18 Å². The second-order valence-electron chi connectivity index (χ2n) is 4.65. The fourth-order valence-electron chi connectivity index (χ4n) is 2.09. The quantitative estimate of drug-likeness (QED) is 0.719. The minimum absolute atomic E-state index is 0. The van der Waals surface area contributed by atoms with E-state index in [1.54, 1.807) is 0 Å². The normalized spacial score (nSPS) is 23.2. The molecule has 0 aliphatic carbocycles. The molecule has 0 amide bonds. The largest absolute Gasteiger partial charge is 1.00 e. The van der Waals surface area contributed by atoms with Gasteiger partial charge >= 0.3 is 35.7 Å². The van der Waals surface area contributed by atoms with Crippen LogP contribution in [0.25, 0.3) is 0 Å². The maximum Gasteiger partial charge on any atom is 1.00 e. The van der Waals surface area contributed by atoms with Gasteiger partial charge in [0, 0.05) is 18.4 Å². The zero-order chi connectivity index (χ0) is 12.5. The molecular formula is C12H15BF3N2Na. The number of halogens is 3. The molecule has 4 radical (unpaired) electrons. The smallest absolute Gasteiger partial charge is 1.00 e. The predicted molar refractivity (Wildman–Crippen MR) is 64.1 cm³/mol. The van der Waals surface area contributed by atoms with Crippen LogP contribution in [0.1, 0.15) is 36.9 Å². The molecular weight excluding hydrogens is 263 g/mol. The van der Waals surface area contributed by atoms with Crippen molar-refractivity contribution in [1.82, 2.24) is 10.3 Å². The average Bonchev–Trinajstić information content (AvgIpc) is 2.29. The summed E-state index contributed by atoms with van der Waals surface area (Å²) in [6.07, 6.45) is -0.0269. The summed E-state index contributed by atoms with van der Waals surface area (Å²) in [6, 6.07) is 1.20. The monoisotopic (exact) mass is 278 g/mol. The van der Waals surface area contributed by atoms with Crippen molar-refractivity contribution in [3.63, 3.8) is 0 Å². The minimum Gasteiger partial charge on any atom is -1.00 e. The molecule has 7 heteroatoms. The molecule has 98 valence electrons. The molecule has 1 aromatic rings. The summed E-state index contributed by atoms with van der Waals surface area (Å²) in [7, 11) is 0. The second-order valence-corrected chi connectivity index (χ2v) is 4.65. The molecule has 1 saturated heterocycles. The van der Waals surface area contributed by atoms with Gasteiger partial charge in [0.1, 0.15) is 0 Å². The molecule has 2 heterocycles. The van der Waals surface area contributed by atoms with Crippen LogP contribution in [0.3, 0.4) is 0 Å². The van der Waals surface area contributed by atoms with Gasteiger partial charge in [0.25, 0.3) is 0 Å². The Morgan fingerprint density at radius 2 is 1.95 bits per heavy atom. The van der Waals surface area contributed by atoms with Crippen LogP contribution in [-0.4, -0.2) is 19.9 Å². The van der Waals surface area contributed by atoms with Gasteiger partial charge in [-0.05, 0) is 36.9 Å². The summed E-state index contributed by atoms with van der Waals surface area (Å²) in [5.41, 5.74) is -0.0397. The van der Waals surface area contributed by atoms with Gasteiger partial charge in [-0.15, -0.1) is 0 Å². The molecule has 0 spiro atoms. The van der Waals surface area contributed by atoms with Crippen molar-refractivity contribution >= 4 is 8.41 Å². The standard InChI is InChI=1S/C12H15F3N2.B.Na/c1-8-2-3-11(17-5-8)9-4-10(7-16-6-9)12(13,14)15;;/h4,6-8,11,17H,2-3,5H2,1H3;;/q;-1;+1. The number of hydrogen-bond donors (Lipinski definition) is 1. The van der Waals surface area contributed by atoms with Gasteiger partial charge in [-0.3, -0.25) is 4.98 Å². The minimum atomic E-state index is -4.31. The first-order chi connectivity index (χ1) is 7.97. The van der Waals surface area contributed by atoms with E-state index in [0.29, 0.717) is 11.5 Å². The number of nitrogens with zero attached hydrogens (tertiary/aromatic N) is 1. The Balaban J connectivity index is 0.00000162. The summed E-state index contributed by atoms with van der Waals surface area (Å²) in [4.78, 5) is 3.69. The first-order valence-electron chi connectivity index (χ1n) is 5.72. The molecule has 2 unspecified atom stereocenters. The van der Waals surface area contributed by atoms with E-state index in [9.17, 15) is 13.2 Å². The summed E-state index contributed by atoms with van der Waals surface area (Å²) in [5.74, 6) is 0.588. The van der Waals surface area contributed by atoms with Gasteiger partial charge in [0.05, 0.1) is 5.56 Å². The molecule has 1 N–H and O–H groups in total. The van der Waals surface area contributed by atoms with Crippen LogP contribution >= 0.6 is 0 Å². The SMILES string of the molecule is CC1CCC(c2cncc(C(F)(F)F)c2)NC1.[B-].[Na+]. The van der Waals surface area contributed by atoms with E-state index >= 15 is 0 Å². The van der Waals surface area contributed by atoms with Gasteiger partial charge in [-0.1, -0.05) is 6.92 Å². The van der Waals surface area contributed by atoms with Crippen molar-refractivity contribution < 1.29 is 42.7 Å². The summed E-state index contributed by atoms with van der Waals surface area (Å²) < 4.78 is 37.6. The van der Waals surface area contributed by atoms with Crippen LogP contribution < -0.4 is 34.9 Å². The summed E-state index contributed by atoms with van der Waals surface area (Å²) >= 11 is 0. The molecule has 2 rings (SSSR count). The molecule has 0 bridgehead atoms. The topological polar surface area (TPSA) is 24.9 Å². The third kappa shape index (κ3) is 5.10. The number of rotatable bonds is 1. The predicted octanol–water partition coefficient (Wildman–Crippen LogP) is -0.216. The third-order valence-electron chi connectivity index (χ3n) is 3.15. The van der Waals surface area contributed by atoms with Crippen molar-refractivity contribution in [2.24, 2.45) is 5.92 Å². The van der Waals surface area contributed by atoms with Gasteiger partial charge in [0.15, 0.2) is 0 Å². The fraction of sp³-hybridized carbons (Fsp3) is 0.583. The molecule has 0 aromatic carbocycles. The van der Waals surface area contributed by atoms with Crippen LogP contribution in [0.5, 0.6) is 0 Å². The van der Waals surface area contributed by atoms with Crippen LogP contribution in [0.2, 0.25) is 0 Å². The number of piperidine rings is 1. The third-order valence-corrected chi connectivity index (χ3v) is 3.15. The molecule has 2 nitrogen and oxygen atoms in total. The Morgan fingerprint density at radius 3 is 2.47 bits per heavy atom. The van der Waals surface area contributed by atoms with E-state index < -0.39 is 11.7 Å². The van der Waals surface area contributed by atoms with Gasteiger partial charge in [-0.2, -0.15) is 13.2 Å². The van der Waals surface area contributed by atoms with Crippen LogP contribution in [0.4, 0.5) is 13.2 Å². The molecule has 1 aromatic heterocycles. The maximum atomic E-state index is 12.5. The van der Waals surface area contributed by atoms with E-state index in [0.717, 1.165) is 25.6 Å². The Hall–Kier alpha value is -0.0351. The second kappa shape index (κ2) is 7.67. The molecule has 0 saturated carbocycles. The first-order valence-corrected chi connectivity index (χ1v) is 5.72. The Bertz CT molecular complexity index is 393. The van der Waals surface area contributed by atoms with E-state index in [1.807, 2.05) is 0 Å². The zero-order valence-corrected chi connectivity index (χ0v) is 13.2. The van der Waals surface area contributed by atoms with Crippen molar-refractivity contribution in [3.05, 3.63) is 29.6 Å². The van der Waals surface area contributed by atoms with E-state index in [2.05, 4.69) is 17.2 Å². The molecule has 1 fully saturated rings. The van der Waals surface area contributed by atoms with Crippen molar-refractivity contribution in [2.75, 3.05) is 6.54 Å². The Morgan fingerprint density at radius 1 is 1.26 bits per heavy atom. The molecule has 19 heavy (non-hydrogen) atoms. The van der Waals surface area contributed by atoms with Gasteiger partial charge in [0.2, 0.25) is 0 Å². The van der Waals surface area contributed by atoms with E-state index in [1.165, 1.54) is 12.3 Å². The first kappa shape index (κ1) is 19.0. The Kier molecular flexibility index (Phi) is 7.66. The summed E-state index contributed by atoms with van der Waals surface area (Å²) in [5, 5.41) is 3.26. The van der Waals surface area contributed by atoms with Crippen LogP contribution in [0.15, 0.2) is 18.5 Å². The van der Waals surface area contributed by atoms with Gasteiger partial charge in [-0.25, -0.2) is 0 Å². The Labute approximate surface area is 135 Å².